The van der Waals surface area contributed by atoms with Crippen molar-refractivity contribution in [3.63, 3.8) is 0 Å². The second-order valence-corrected chi connectivity index (χ2v) is 21.0. The summed E-state index contributed by atoms with van der Waals surface area (Å²) in [5.74, 6) is -0.956. The van der Waals surface area contributed by atoms with E-state index in [1.807, 2.05) is 19.1 Å². The molecule has 3 N–H and O–H groups in total. The highest BCUT2D eigenvalue weighted by Crippen LogP contribution is 2.48. The third-order valence-corrected chi connectivity index (χ3v) is 15.4. The second kappa shape index (κ2) is 14.3. The van der Waals surface area contributed by atoms with Crippen molar-refractivity contribution in [1.29, 1.82) is 0 Å². The van der Waals surface area contributed by atoms with Gasteiger partial charge in [-0.15, -0.1) is 0 Å². The number of hydrogen-bond acceptors (Lipinski definition) is 9. The van der Waals surface area contributed by atoms with E-state index in [0.29, 0.717) is 63.0 Å². The Kier molecular flexibility index (Phi) is 9.92. The van der Waals surface area contributed by atoms with Crippen molar-refractivity contribution in [2.75, 3.05) is 6.54 Å². The van der Waals surface area contributed by atoms with Crippen LogP contribution in [0.5, 0.6) is 5.75 Å². The van der Waals surface area contributed by atoms with Crippen molar-refractivity contribution in [3.05, 3.63) is 47.2 Å². The van der Waals surface area contributed by atoms with E-state index in [2.05, 4.69) is 33.6 Å². The molecule has 5 unspecified atom stereocenters. The van der Waals surface area contributed by atoms with Crippen LogP contribution in [0.15, 0.2) is 30.4 Å². The van der Waals surface area contributed by atoms with Crippen LogP contribution in [0.3, 0.4) is 0 Å². The van der Waals surface area contributed by atoms with E-state index in [1.165, 1.54) is 23.3 Å². The standard InChI is InChI=1S/C43H57N5O8S/c1-26-35-30(31-23-28(27-13-14-27)15-16-32(31)44-26)18-19-42(55-35)24-34-36(49)46-43(38(51)47-57(53,54)41(5)21-22-41)20-17-29(43)11-9-7-6-8-10-12-33(37(50)48(34)25-42)45-39(52)56-40(2,3)4/h9,11,15-16,23,27,29,33-34H,6-8,10,12-14,17-22,24-25H2,1-5H3,(H,45,52)(H,46,49)(H,47,51). The molecule has 1 spiro atoms. The number of benzene rings is 1. The molecule has 1 aromatic carbocycles. The normalized spacial score (nSPS) is 30.1. The Bertz CT molecular complexity index is 2140. The smallest absolute Gasteiger partial charge is 0.408 e. The molecule has 5 atom stereocenters. The predicted octanol–water partition coefficient (Wildman–Crippen LogP) is 5.76. The van der Waals surface area contributed by atoms with E-state index >= 15 is 0 Å². The number of fused-ring (bicyclic) bond motifs is 5. The Morgan fingerprint density at radius 1 is 1.04 bits per heavy atom. The number of rotatable bonds is 5. The van der Waals surface area contributed by atoms with Gasteiger partial charge in [-0.05, 0) is 129 Å². The van der Waals surface area contributed by atoms with Crippen molar-refractivity contribution < 1.29 is 37.1 Å². The molecule has 6 aliphatic rings. The van der Waals surface area contributed by atoms with E-state index in [4.69, 9.17) is 14.5 Å². The molecule has 308 valence electrons. The fourth-order valence-corrected chi connectivity index (χ4v) is 10.5. The number of allylic oxidation sites excluding steroid dienone is 1. The van der Waals surface area contributed by atoms with Gasteiger partial charge in [0.05, 0.1) is 22.5 Å². The lowest BCUT2D eigenvalue weighted by Crippen LogP contribution is -2.70. The minimum Gasteiger partial charge on any atom is -0.483 e. The summed E-state index contributed by atoms with van der Waals surface area (Å²) in [5.41, 5.74) is 0.727. The average molecular weight is 804 g/mol. The highest BCUT2D eigenvalue weighted by atomic mass is 32.2. The molecule has 1 aromatic heterocycles. The highest BCUT2D eigenvalue weighted by molar-refractivity contribution is 7.91. The molecule has 4 heterocycles. The summed E-state index contributed by atoms with van der Waals surface area (Å²) in [4.78, 5) is 63.5. The molecule has 8 rings (SSSR count). The van der Waals surface area contributed by atoms with Gasteiger partial charge in [-0.1, -0.05) is 31.1 Å². The number of alkyl carbamates (subject to hydrolysis) is 1. The molecule has 0 bridgehead atoms. The van der Waals surface area contributed by atoms with Crippen LogP contribution in [-0.4, -0.2) is 82.2 Å². The molecular formula is C43H57N5O8S. The number of aryl methyl sites for hydroxylation is 2. The molecule has 0 radical (unpaired) electrons. The fraction of sp³-hybridized carbons (Fsp3) is 0.651. The first-order valence-corrected chi connectivity index (χ1v) is 22.4. The van der Waals surface area contributed by atoms with Crippen LogP contribution in [-0.2, 0) is 35.6 Å². The Morgan fingerprint density at radius 2 is 1.81 bits per heavy atom. The third-order valence-electron chi connectivity index (χ3n) is 13.2. The molecule has 3 aliphatic heterocycles. The lowest BCUT2D eigenvalue weighted by molar-refractivity contribution is -0.144. The first-order chi connectivity index (χ1) is 26.9. The van der Waals surface area contributed by atoms with Crippen LogP contribution in [0.4, 0.5) is 4.79 Å². The Balaban J connectivity index is 1.15. The largest absolute Gasteiger partial charge is 0.483 e. The predicted molar refractivity (Wildman–Crippen MR) is 214 cm³/mol. The maximum absolute atomic E-state index is 14.9. The van der Waals surface area contributed by atoms with Gasteiger partial charge in [0.25, 0.3) is 5.91 Å². The summed E-state index contributed by atoms with van der Waals surface area (Å²) < 4.78 is 40.6. The second-order valence-electron chi connectivity index (χ2n) is 18.8. The number of pyridine rings is 1. The van der Waals surface area contributed by atoms with E-state index in [1.54, 1.807) is 27.7 Å². The molecule has 3 aliphatic carbocycles. The molecule has 3 saturated carbocycles. The molecule has 4 fully saturated rings. The van der Waals surface area contributed by atoms with Crippen LogP contribution >= 0.6 is 0 Å². The Labute approximate surface area is 335 Å². The number of hydrogen-bond donors (Lipinski definition) is 3. The van der Waals surface area contributed by atoms with Gasteiger partial charge in [-0.25, -0.2) is 18.2 Å². The van der Waals surface area contributed by atoms with E-state index in [0.717, 1.165) is 35.0 Å². The molecule has 1 saturated heterocycles. The SMILES string of the molecule is Cc1nc2ccc(C3CC3)cc2c2c1OC1(CC2)CC2C(=O)NC3(C(=O)NS(=O)(=O)C4(C)CC4)CCC3C=CCCCCCC(NC(=O)OC(C)(C)C)C(=O)N2C1. The van der Waals surface area contributed by atoms with Gasteiger partial charge < -0.3 is 25.0 Å². The lowest BCUT2D eigenvalue weighted by atomic mass is 9.65. The van der Waals surface area contributed by atoms with E-state index < -0.39 is 73.3 Å². The average Bonchev–Trinajstić information content (AvgIpc) is 4.08. The highest BCUT2D eigenvalue weighted by Gasteiger charge is 2.59. The monoisotopic (exact) mass is 803 g/mol. The fourth-order valence-electron chi connectivity index (χ4n) is 9.20. The number of sulfonamides is 1. The number of aromatic nitrogens is 1. The van der Waals surface area contributed by atoms with Gasteiger partial charge in [-0.2, -0.15) is 0 Å². The summed E-state index contributed by atoms with van der Waals surface area (Å²) in [7, 11) is -4.00. The number of nitrogens with one attached hydrogen (secondary N) is 3. The molecule has 2 aromatic rings. The van der Waals surface area contributed by atoms with E-state index in [9.17, 15) is 27.6 Å². The first-order valence-electron chi connectivity index (χ1n) is 20.9. The van der Waals surface area contributed by atoms with Gasteiger partial charge in [-0.3, -0.25) is 19.1 Å². The number of ether oxygens (including phenoxy) is 2. The summed E-state index contributed by atoms with van der Waals surface area (Å²) in [6.07, 6.45) is 11.9. The Hall–Kier alpha value is -4.20. The van der Waals surface area contributed by atoms with E-state index in [-0.39, 0.29) is 19.4 Å². The minimum absolute atomic E-state index is 0.0741. The topological polar surface area (TPSA) is 173 Å². The van der Waals surface area contributed by atoms with Crippen LogP contribution in [0.25, 0.3) is 10.9 Å². The first kappa shape index (κ1) is 39.6. The van der Waals surface area contributed by atoms with Crippen molar-refractivity contribution in [2.45, 2.75) is 164 Å². The van der Waals surface area contributed by atoms with Crippen molar-refractivity contribution in [3.8, 4) is 5.75 Å². The lowest BCUT2D eigenvalue weighted by Gasteiger charge is -2.48. The maximum Gasteiger partial charge on any atom is 0.408 e. The van der Waals surface area contributed by atoms with Gasteiger partial charge >= 0.3 is 6.09 Å². The van der Waals surface area contributed by atoms with Crippen molar-refractivity contribution >= 4 is 44.7 Å². The summed E-state index contributed by atoms with van der Waals surface area (Å²) in [6.45, 7) is 8.87. The minimum atomic E-state index is -4.00. The molecule has 57 heavy (non-hydrogen) atoms. The zero-order valence-corrected chi connectivity index (χ0v) is 34.7. The van der Waals surface area contributed by atoms with Crippen LogP contribution < -0.4 is 20.1 Å². The van der Waals surface area contributed by atoms with Gasteiger partial charge in [0.2, 0.25) is 21.8 Å². The number of nitrogens with zero attached hydrogens (tertiary/aromatic N) is 2. The van der Waals surface area contributed by atoms with Gasteiger partial charge in [0.15, 0.2) is 0 Å². The maximum atomic E-state index is 14.9. The van der Waals surface area contributed by atoms with Crippen LogP contribution in [0.2, 0.25) is 0 Å². The summed E-state index contributed by atoms with van der Waals surface area (Å²) >= 11 is 0. The molecule has 4 amide bonds. The molecule has 14 heteroatoms. The summed E-state index contributed by atoms with van der Waals surface area (Å²) in [6, 6.07) is 4.43. The zero-order chi connectivity index (χ0) is 40.5. The van der Waals surface area contributed by atoms with Crippen LogP contribution in [0.1, 0.15) is 134 Å². The molecule has 13 nitrogen and oxygen atoms in total. The number of carbonyl (C=O) groups is 4. The number of amides is 4. The molecular weight excluding hydrogens is 747 g/mol. The quantitative estimate of drug-likeness (QED) is 0.318. The van der Waals surface area contributed by atoms with Gasteiger partial charge in [0.1, 0.15) is 34.6 Å². The zero-order valence-electron chi connectivity index (χ0n) is 33.9. The Morgan fingerprint density at radius 3 is 2.49 bits per heavy atom. The van der Waals surface area contributed by atoms with Crippen molar-refractivity contribution in [2.24, 2.45) is 5.92 Å². The van der Waals surface area contributed by atoms with Gasteiger partial charge in [0, 0.05) is 23.3 Å². The van der Waals surface area contributed by atoms with Crippen molar-refractivity contribution in [1.82, 2.24) is 25.2 Å². The number of carbonyl (C=O) groups excluding carboxylic acids is 4. The summed E-state index contributed by atoms with van der Waals surface area (Å²) in [5, 5.41) is 6.91. The third kappa shape index (κ3) is 7.62. The van der Waals surface area contributed by atoms with Crippen LogP contribution in [0, 0.1) is 12.8 Å².